The first kappa shape index (κ1) is 16.6. The molecule has 0 aliphatic rings. The van der Waals surface area contributed by atoms with Crippen molar-refractivity contribution in [1.29, 1.82) is 0 Å². The van der Waals surface area contributed by atoms with Crippen molar-refractivity contribution < 1.29 is 22.7 Å². The molecule has 0 saturated heterocycles. The molecule has 0 atom stereocenters. The second-order valence-corrected chi connectivity index (χ2v) is 4.96. The molecule has 0 aliphatic carbocycles. The fourth-order valence-corrected chi connectivity index (χ4v) is 2.52. The lowest BCUT2D eigenvalue weighted by Gasteiger charge is -2.12. The highest BCUT2D eigenvalue weighted by Gasteiger charge is 2.34. The van der Waals surface area contributed by atoms with E-state index < -0.39 is 23.4 Å². The highest BCUT2D eigenvalue weighted by atomic mass is 19.4. The van der Waals surface area contributed by atoms with Gasteiger partial charge in [0.25, 0.3) is 0 Å². The number of H-pyrrole nitrogens is 1. The number of carbonyl (C=O) groups excluding carboxylic acids is 1. The quantitative estimate of drug-likeness (QED) is 0.646. The molecule has 4 nitrogen and oxygen atoms in total. The van der Waals surface area contributed by atoms with Crippen LogP contribution in [0.3, 0.4) is 0 Å². The average molecular weight is 322 g/mol. The van der Waals surface area contributed by atoms with E-state index in [1.807, 2.05) is 0 Å². The Kier molecular flexibility index (Phi) is 4.19. The van der Waals surface area contributed by atoms with Crippen LogP contribution in [0.4, 0.5) is 18.9 Å². The summed E-state index contributed by atoms with van der Waals surface area (Å²) < 4.78 is 44.1. The lowest BCUT2D eigenvalue weighted by atomic mass is 9.97. The summed E-state index contributed by atoms with van der Waals surface area (Å²) in [5, 5.41) is 0. The number of hydrogen-bond donors (Lipinski definition) is 1. The number of aryl methyl sites for hydroxylation is 2. The molecule has 120 valence electrons. The Labute approximate surface area is 130 Å². The van der Waals surface area contributed by atoms with E-state index in [-0.39, 0.29) is 11.1 Å². The van der Waals surface area contributed by atoms with Crippen LogP contribution in [0.25, 0.3) is 16.0 Å². The number of methoxy groups -OCH3 is 1. The van der Waals surface area contributed by atoms with Gasteiger partial charge >= 0.3 is 12.1 Å². The van der Waals surface area contributed by atoms with Crippen molar-refractivity contribution >= 4 is 11.7 Å². The monoisotopic (exact) mass is 322 g/mol. The summed E-state index contributed by atoms with van der Waals surface area (Å²) in [7, 11) is 1.21. The van der Waals surface area contributed by atoms with Crippen molar-refractivity contribution in [3.05, 3.63) is 52.1 Å². The van der Waals surface area contributed by atoms with E-state index in [1.54, 1.807) is 13.8 Å². The number of rotatable bonds is 2. The average Bonchev–Trinajstić information content (AvgIpc) is 2.79. The molecule has 0 amide bonds. The van der Waals surface area contributed by atoms with Gasteiger partial charge < -0.3 is 9.72 Å². The Morgan fingerprint density at radius 1 is 1.26 bits per heavy atom. The lowest BCUT2D eigenvalue weighted by Crippen LogP contribution is -2.06. The van der Waals surface area contributed by atoms with Gasteiger partial charge in [-0.2, -0.15) is 13.2 Å². The van der Waals surface area contributed by atoms with E-state index in [9.17, 15) is 18.0 Å². The maximum absolute atomic E-state index is 13.1. The molecule has 0 bridgehead atoms. The minimum Gasteiger partial charge on any atom is -0.465 e. The molecule has 1 aromatic heterocycles. The Hall–Kier alpha value is -2.75. The molecule has 2 aromatic rings. The van der Waals surface area contributed by atoms with Gasteiger partial charge in [-0.05, 0) is 19.4 Å². The van der Waals surface area contributed by atoms with Crippen LogP contribution in [-0.2, 0) is 10.9 Å². The fraction of sp³-hybridized carbons (Fsp3) is 0.250. The van der Waals surface area contributed by atoms with Crippen molar-refractivity contribution in [2.75, 3.05) is 7.11 Å². The van der Waals surface area contributed by atoms with E-state index in [0.717, 1.165) is 12.1 Å². The predicted octanol–water partition coefficient (Wildman–Crippen LogP) is 4.65. The molecule has 0 spiro atoms. The summed E-state index contributed by atoms with van der Waals surface area (Å²) in [5.41, 5.74) is 0.278. The molecule has 7 heteroatoms. The van der Waals surface area contributed by atoms with Crippen LogP contribution in [0, 0.1) is 20.4 Å². The van der Waals surface area contributed by atoms with E-state index in [0.29, 0.717) is 17.0 Å². The van der Waals surface area contributed by atoms with Crippen molar-refractivity contribution in [3.63, 3.8) is 0 Å². The van der Waals surface area contributed by atoms with Crippen LogP contribution in [0.1, 0.15) is 27.3 Å². The van der Waals surface area contributed by atoms with Crippen molar-refractivity contribution in [3.8, 4) is 11.1 Å². The van der Waals surface area contributed by atoms with Gasteiger partial charge in [-0.15, -0.1) is 0 Å². The number of hydrogen-bond acceptors (Lipinski definition) is 2. The normalized spacial score (nSPS) is 11.2. The molecule has 0 radical (unpaired) electrons. The summed E-state index contributed by atoms with van der Waals surface area (Å²) in [6.07, 6.45) is -4.65. The molecule has 0 unspecified atom stereocenters. The van der Waals surface area contributed by atoms with Gasteiger partial charge in [0, 0.05) is 17.0 Å². The van der Waals surface area contributed by atoms with Crippen LogP contribution < -0.4 is 0 Å². The van der Waals surface area contributed by atoms with E-state index >= 15 is 0 Å². The van der Waals surface area contributed by atoms with Gasteiger partial charge in [0.15, 0.2) is 5.69 Å². The summed E-state index contributed by atoms with van der Waals surface area (Å²) in [4.78, 5) is 17.8. The largest absolute Gasteiger partial charge is 0.465 e. The first-order valence-electron chi connectivity index (χ1n) is 6.57. The molecule has 23 heavy (non-hydrogen) atoms. The van der Waals surface area contributed by atoms with Gasteiger partial charge in [0.2, 0.25) is 0 Å². The van der Waals surface area contributed by atoms with Gasteiger partial charge in [0.05, 0.1) is 24.8 Å². The van der Waals surface area contributed by atoms with Gasteiger partial charge in [-0.25, -0.2) is 9.64 Å². The third-order valence-electron chi connectivity index (χ3n) is 3.48. The summed E-state index contributed by atoms with van der Waals surface area (Å²) in [6, 6.07) is 3.38. The van der Waals surface area contributed by atoms with Crippen molar-refractivity contribution in [2.45, 2.75) is 20.0 Å². The summed E-state index contributed by atoms with van der Waals surface area (Å²) >= 11 is 0. The first-order chi connectivity index (χ1) is 10.7. The number of aromatic amines is 1. The zero-order chi connectivity index (χ0) is 17.4. The number of benzene rings is 1. The molecule has 1 heterocycles. The maximum atomic E-state index is 13.1. The Balaban J connectivity index is 2.74. The lowest BCUT2D eigenvalue weighted by molar-refractivity contribution is -0.136. The number of nitrogens with one attached hydrogen (secondary N) is 1. The molecule has 2 rings (SSSR count). The number of alkyl halides is 3. The molecule has 0 aliphatic heterocycles. The van der Waals surface area contributed by atoms with E-state index in [1.165, 1.54) is 13.2 Å². The third-order valence-corrected chi connectivity index (χ3v) is 3.48. The van der Waals surface area contributed by atoms with Crippen molar-refractivity contribution in [1.82, 2.24) is 4.98 Å². The fourth-order valence-electron chi connectivity index (χ4n) is 2.52. The van der Waals surface area contributed by atoms with Crippen LogP contribution >= 0.6 is 0 Å². The van der Waals surface area contributed by atoms with Crippen LogP contribution in [-0.4, -0.2) is 18.1 Å². The van der Waals surface area contributed by atoms with Gasteiger partial charge in [-0.1, -0.05) is 18.2 Å². The third kappa shape index (κ3) is 2.93. The number of esters is 1. The molecular formula is C16H13F3N2O2. The number of halogens is 3. The minimum atomic E-state index is -4.65. The van der Waals surface area contributed by atoms with Gasteiger partial charge in [0.1, 0.15) is 0 Å². The highest BCUT2D eigenvalue weighted by Crippen LogP contribution is 2.40. The maximum Gasteiger partial charge on any atom is 0.407 e. The second-order valence-electron chi connectivity index (χ2n) is 4.96. The zero-order valence-electron chi connectivity index (χ0n) is 12.6. The summed E-state index contributed by atoms with van der Waals surface area (Å²) in [6.45, 7) is 10.2. The van der Waals surface area contributed by atoms with E-state index in [4.69, 9.17) is 11.3 Å². The summed E-state index contributed by atoms with van der Waals surface area (Å²) in [5.74, 6) is -0.635. The second kappa shape index (κ2) is 5.80. The zero-order valence-corrected chi connectivity index (χ0v) is 12.6. The number of nitrogens with zero attached hydrogens (tertiary/aromatic N) is 1. The highest BCUT2D eigenvalue weighted by molar-refractivity contribution is 5.99. The predicted molar refractivity (Wildman–Crippen MR) is 78.3 cm³/mol. The van der Waals surface area contributed by atoms with Crippen LogP contribution in [0.15, 0.2) is 18.2 Å². The van der Waals surface area contributed by atoms with Gasteiger partial charge in [-0.3, -0.25) is 0 Å². The standard InChI is InChI=1S/C16H13F3N2O2/c1-8-13(14(9(2)21-8)15(22)23-4)10-5-6-12(20-3)11(7-10)16(17,18)19/h5-7,21H,1-2,4H3. The number of aromatic nitrogens is 1. The van der Waals surface area contributed by atoms with Crippen LogP contribution in [0.5, 0.6) is 0 Å². The smallest absolute Gasteiger partial charge is 0.407 e. The number of carbonyl (C=O) groups is 1. The Morgan fingerprint density at radius 3 is 2.43 bits per heavy atom. The molecule has 1 N–H and O–H groups in total. The Bertz CT molecular complexity index is 814. The molecule has 0 fully saturated rings. The molecule has 1 aromatic carbocycles. The van der Waals surface area contributed by atoms with Crippen molar-refractivity contribution in [2.24, 2.45) is 0 Å². The SMILES string of the molecule is [C-]#[N+]c1ccc(-c2c(C)[nH]c(C)c2C(=O)OC)cc1C(F)(F)F. The minimum absolute atomic E-state index is 0.189. The topological polar surface area (TPSA) is 46.5 Å². The molecule has 0 saturated carbocycles. The first-order valence-corrected chi connectivity index (χ1v) is 6.57. The Morgan fingerprint density at radius 2 is 1.91 bits per heavy atom. The van der Waals surface area contributed by atoms with E-state index in [2.05, 4.69) is 9.83 Å². The van der Waals surface area contributed by atoms with Crippen LogP contribution in [0.2, 0.25) is 0 Å². The molecular weight excluding hydrogens is 309 g/mol. The number of ether oxygens (including phenoxy) is 1.